The van der Waals surface area contributed by atoms with Crippen molar-refractivity contribution in [2.24, 2.45) is 0 Å². The Kier molecular flexibility index (Phi) is 3.66. The minimum absolute atomic E-state index is 0.307. The van der Waals surface area contributed by atoms with Crippen molar-refractivity contribution in [2.45, 2.75) is 51.2 Å². The minimum atomic E-state index is -2.80. The van der Waals surface area contributed by atoms with Gasteiger partial charge in [-0.15, -0.1) is 0 Å². The van der Waals surface area contributed by atoms with Crippen molar-refractivity contribution < 1.29 is 18.3 Å². The highest BCUT2D eigenvalue weighted by Crippen LogP contribution is 2.29. The molecule has 4 nitrogen and oxygen atoms in total. The summed E-state index contributed by atoms with van der Waals surface area (Å²) < 4.78 is 31.5. The fourth-order valence-electron chi connectivity index (χ4n) is 1.86. The van der Waals surface area contributed by atoms with E-state index in [0.717, 1.165) is 0 Å². The topological polar surface area (TPSA) is 50.4 Å². The molecule has 17 heavy (non-hydrogen) atoms. The Labute approximate surface area is 100 Å². The van der Waals surface area contributed by atoms with Gasteiger partial charge < -0.3 is 15.4 Å². The van der Waals surface area contributed by atoms with E-state index < -0.39 is 23.2 Å². The fraction of sp³-hybridized carbons (Fsp3) is 0.909. The van der Waals surface area contributed by atoms with Crippen LogP contribution in [-0.4, -0.2) is 36.2 Å². The van der Waals surface area contributed by atoms with Crippen LogP contribution in [-0.2, 0) is 4.74 Å². The number of carbonyl (C=O) groups excluding carboxylic acids is 1. The lowest BCUT2D eigenvalue weighted by Gasteiger charge is -2.39. The fourth-order valence-corrected chi connectivity index (χ4v) is 1.86. The summed E-state index contributed by atoms with van der Waals surface area (Å²) in [5.74, 6) is -2.80. The van der Waals surface area contributed by atoms with Crippen LogP contribution in [0.4, 0.5) is 13.6 Å². The maximum Gasteiger partial charge on any atom is 0.408 e. The molecule has 1 amide bonds. The van der Waals surface area contributed by atoms with Gasteiger partial charge in [0.25, 0.3) is 5.92 Å². The molecular weight excluding hydrogens is 230 g/mol. The van der Waals surface area contributed by atoms with E-state index in [1.807, 2.05) is 0 Å². The molecule has 1 fully saturated rings. The van der Waals surface area contributed by atoms with E-state index in [9.17, 15) is 13.6 Å². The van der Waals surface area contributed by atoms with Gasteiger partial charge in [-0.1, -0.05) is 0 Å². The quantitative estimate of drug-likeness (QED) is 0.747. The van der Waals surface area contributed by atoms with Crippen LogP contribution in [0.5, 0.6) is 0 Å². The van der Waals surface area contributed by atoms with Crippen molar-refractivity contribution >= 4 is 6.09 Å². The average Bonchev–Trinajstić information content (AvgIpc) is 1.94. The second-order valence-corrected chi connectivity index (χ2v) is 5.82. The molecule has 0 aromatic carbocycles. The number of hydrogen-bond acceptors (Lipinski definition) is 3. The zero-order chi connectivity index (χ0) is 13.3. The maximum atomic E-state index is 13.2. The molecule has 100 valence electrons. The van der Waals surface area contributed by atoms with Crippen molar-refractivity contribution in [1.29, 1.82) is 0 Å². The summed E-state index contributed by atoms with van der Waals surface area (Å²) in [5, 5.41) is 5.12. The zero-order valence-corrected chi connectivity index (χ0v) is 10.7. The SMILES string of the molecule is CC(C)(C)OC(=O)N[C@@]1(C)CNCC(F)(F)C1. The summed E-state index contributed by atoms with van der Waals surface area (Å²) >= 11 is 0. The van der Waals surface area contributed by atoms with Crippen LogP contribution in [0.3, 0.4) is 0 Å². The van der Waals surface area contributed by atoms with Gasteiger partial charge in [0.15, 0.2) is 0 Å². The summed E-state index contributed by atoms with van der Waals surface area (Å²) in [4.78, 5) is 11.5. The number of nitrogens with one attached hydrogen (secondary N) is 2. The van der Waals surface area contributed by atoms with Crippen molar-refractivity contribution in [3.8, 4) is 0 Å². The summed E-state index contributed by atoms with van der Waals surface area (Å²) in [6.07, 6.45) is -1.05. The van der Waals surface area contributed by atoms with Crippen LogP contribution in [0.2, 0.25) is 0 Å². The van der Waals surface area contributed by atoms with Gasteiger partial charge in [0, 0.05) is 13.0 Å². The largest absolute Gasteiger partial charge is 0.444 e. The van der Waals surface area contributed by atoms with Gasteiger partial charge in [0.05, 0.1) is 12.1 Å². The Balaban J connectivity index is 2.58. The molecule has 1 rings (SSSR count). The summed E-state index contributed by atoms with van der Waals surface area (Å²) in [6.45, 7) is 6.71. The first-order valence-electron chi connectivity index (χ1n) is 5.61. The van der Waals surface area contributed by atoms with Crippen molar-refractivity contribution in [2.75, 3.05) is 13.1 Å². The third-order valence-corrected chi connectivity index (χ3v) is 2.35. The summed E-state index contributed by atoms with van der Waals surface area (Å²) in [5.41, 5.74) is -1.62. The predicted octanol–water partition coefficient (Wildman–Crippen LogP) is 1.90. The third-order valence-electron chi connectivity index (χ3n) is 2.35. The highest BCUT2D eigenvalue weighted by atomic mass is 19.3. The normalized spacial score (nSPS) is 28.6. The van der Waals surface area contributed by atoms with Gasteiger partial charge in [-0.25, -0.2) is 13.6 Å². The number of rotatable bonds is 1. The third kappa shape index (κ3) is 4.85. The van der Waals surface area contributed by atoms with E-state index in [2.05, 4.69) is 10.6 Å². The van der Waals surface area contributed by atoms with Crippen molar-refractivity contribution in [3.05, 3.63) is 0 Å². The highest BCUT2D eigenvalue weighted by Gasteiger charge is 2.44. The Bertz CT molecular complexity index is 302. The number of halogens is 2. The molecular formula is C11H20F2N2O2. The molecule has 0 aliphatic carbocycles. The first-order valence-corrected chi connectivity index (χ1v) is 5.61. The Hall–Kier alpha value is -0.910. The average molecular weight is 250 g/mol. The second kappa shape index (κ2) is 4.40. The van der Waals surface area contributed by atoms with Crippen LogP contribution < -0.4 is 10.6 Å². The minimum Gasteiger partial charge on any atom is -0.444 e. The van der Waals surface area contributed by atoms with Gasteiger partial charge in [0.2, 0.25) is 0 Å². The Morgan fingerprint density at radius 3 is 2.41 bits per heavy atom. The lowest BCUT2D eigenvalue weighted by molar-refractivity contribution is -0.0509. The lowest BCUT2D eigenvalue weighted by atomic mass is 9.90. The first kappa shape index (κ1) is 14.2. The molecule has 1 aliphatic heterocycles. The number of piperidine rings is 1. The van der Waals surface area contributed by atoms with Crippen LogP contribution >= 0.6 is 0 Å². The van der Waals surface area contributed by atoms with Crippen LogP contribution in [0, 0.1) is 0 Å². The molecule has 0 aromatic heterocycles. The van der Waals surface area contributed by atoms with E-state index >= 15 is 0 Å². The van der Waals surface area contributed by atoms with E-state index in [4.69, 9.17) is 4.74 Å². The summed E-state index contributed by atoms with van der Waals surface area (Å²) in [6, 6.07) is 0. The zero-order valence-electron chi connectivity index (χ0n) is 10.7. The lowest BCUT2D eigenvalue weighted by Crippen LogP contribution is -2.61. The van der Waals surface area contributed by atoms with E-state index in [1.165, 1.54) is 0 Å². The number of amides is 1. The molecule has 1 aliphatic rings. The molecule has 2 N–H and O–H groups in total. The van der Waals surface area contributed by atoms with E-state index in [1.54, 1.807) is 27.7 Å². The number of alkyl carbamates (subject to hydrolysis) is 1. The molecule has 0 aromatic rings. The molecule has 0 saturated carbocycles. The standard InChI is InChI=1S/C11H20F2N2O2/c1-9(2,3)17-8(16)15-10(4)5-11(12,13)7-14-6-10/h14H,5-7H2,1-4H3,(H,15,16)/t10-/m1/s1. The molecule has 0 bridgehead atoms. The second-order valence-electron chi connectivity index (χ2n) is 5.82. The van der Waals surface area contributed by atoms with Gasteiger partial charge in [-0.2, -0.15) is 0 Å². The van der Waals surface area contributed by atoms with Crippen LogP contribution in [0.15, 0.2) is 0 Å². The maximum absolute atomic E-state index is 13.2. The number of alkyl halides is 2. The van der Waals surface area contributed by atoms with Gasteiger partial charge in [-0.3, -0.25) is 0 Å². The molecule has 1 saturated heterocycles. The van der Waals surface area contributed by atoms with Crippen molar-refractivity contribution in [3.63, 3.8) is 0 Å². The first-order chi connectivity index (χ1) is 7.52. The van der Waals surface area contributed by atoms with Gasteiger partial charge in [0.1, 0.15) is 5.60 Å². The van der Waals surface area contributed by atoms with Crippen molar-refractivity contribution in [1.82, 2.24) is 10.6 Å². The smallest absolute Gasteiger partial charge is 0.408 e. The Morgan fingerprint density at radius 2 is 1.94 bits per heavy atom. The summed E-state index contributed by atoms with van der Waals surface area (Å²) in [7, 11) is 0. The van der Waals surface area contributed by atoms with E-state index in [0.29, 0.717) is 6.54 Å². The van der Waals surface area contributed by atoms with Gasteiger partial charge in [-0.05, 0) is 27.7 Å². The Morgan fingerprint density at radius 1 is 1.35 bits per heavy atom. The number of carbonyl (C=O) groups is 1. The monoisotopic (exact) mass is 250 g/mol. The van der Waals surface area contributed by atoms with Crippen LogP contribution in [0.1, 0.15) is 34.1 Å². The molecule has 6 heteroatoms. The molecule has 1 atom stereocenters. The molecule has 1 heterocycles. The molecule has 0 spiro atoms. The molecule has 0 unspecified atom stereocenters. The number of hydrogen-bond donors (Lipinski definition) is 2. The highest BCUT2D eigenvalue weighted by molar-refractivity contribution is 5.68. The van der Waals surface area contributed by atoms with Gasteiger partial charge >= 0.3 is 6.09 Å². The van der Waals surface area contributed by atoms with E-state index in [-0.39, 0.29) is 13.0 Å². The molecule has 0 radical (unpaired) electrons. The number of ether oxygens (including phenoxy) is 1. The van der Waals surface area contributed by atoms with Crippen LogP contribution in [0.25, 0.3) is 0 Å². The predicted molar refractivity (Wildman–Crippen MR) is 60.2 cm³/mol.